The normalized spacial score (nSPS) is 14.0. The molecule has 0 saturated heterocycles. The molecule has 2 aromatic rings. The van der Waals surface area contributed by atoms with Gasteiger partial charge in [0.15, 0.2) is 11.5 Å². The van der Waals surface area contributed by atoms with Crippen LogP contribution in [0.25, 0.3) is 11.0 Å². The highest BCUT2D eigenvalue weighted by molar-refractivity contribution is 5.96. The number of fused-ring (bicyclic) bond motifs is 1. The first-order valence-corrected chi connectivity index (χ1v) is 7.58. The van der Waals surface area contributed by atoms with Crippen LogP contribution in [0, 0.1) is 0 Å². The lowest BCUT2D eigenvalue weighted by Crippen LogP contribution is -2.36. The first-order chi connectivity index (χ1) is 10.5. The summed E-state index contributed by atoms with van der Waals surface area (Å²) < 4.78 is 11.0. The van der Waals surface area contributed by atoms with Gasteiger partial charge in [0.2, 0.25) is 0 Å². The highest BCUT2D eigenvalue weighted by Crippen LogP contribution is 2.24. The molecule has 5 heteroatoms. The average molecular weight is 305 g/mol. The summed E-state index contributed by atoms with van der Waals surface area (Å²) in [6.45, 7) is 6.35. The van der Waals surface area contributed by atoms with Crippen LogP contribution in [0.4, 0.5) is 0 Å². The van der Waals surface area contributed by atoms with E-state index in [1.54, 1.807) is 24.3 Å². The van der Waals surface area contributed by atoms with E-state index in [1.165, 1.54) is 6.92 Å². The van der Waals surface area contributed by atoms with Gasteiger partial charge in [0.05, 0.1) is 0 Å². The summed E-state index contributed by atoms with van der Waals surface area (Å²) in [5.41, 5.74) is 0.650. The van der Waals surface area contributed by atoms with Crippen molar-refractivity contribution < 1.29 is 19.1 Å². The number of aliphatic hydroxyl groups is 1. The van der Waals surface area contributed by atoms with E-state index in [1.807, 2.05) is 0 Å². The Morgan fingerprint density at radius 1 is 1.41 bits per heavy atom. The third-order valence-corrected chi connectivity index (χ3v) is 3.59. The summed E-state index contributed by atoms with van der Waals surface area (Å²) in [4.78, 5) is 11.3. The Morgan fingerprint density at radius 2 is 2.18 bits per heavy atom. The third kappa shape index (κ3) is 4.32. The zero-order valence-electron chi connectivity index (χ0n) is 13.3. The van der Waals surface area contributed by atoms with Crippen molar-refractivity contribution in [3.8, 4) is 5.75 Å². The van der Waals surface area contributed by atoms with Crippen LogP contribution in [0.5, 0.6) is 5.75 Å². The zero-order valence-corrected chi connectivity index (χ0v) is 13.3. The summed E-state index contributed by atoms with van der Waals surface area (Å²) in [6, 6.07) is 7.42. The van der Waals surface area contributed by atoms with Crippen molar-refractivity contribution in [1.29, 1.82) is 0 Å². The molecule has 0 saturated carbocycles. The number of carbonyl (C=O) groups is 1. The number of ether oxygens (including phenoxy) is 1. The number of ketones is 1. The Kier molecular flexibility index (Phi) is 5.57. The van der Waals surface area contributed by atoms with Crippen LogP contribution in [0.3, 0.4) is 0 Å². The highest BCUT2D eigenvalue weighted by Gasteiger charge is 2.10. The van der Waals surface area contributed by atoms with Crippen molar-refractivity contribution in [2.24, 2.45) is 0 Å². The van der Waals surface area contributed by atoms with Crippen LogP contribution in [0.1, 0.15) is 37.7 Å². The van der Waals surface area contributed by atoms with Gasteiger partial charge in [-0.3, -0.25) is 4.79 Å². The second-order valence-corrected chi connectivity index (χ2v) is 5.55. The van der Waals surface area contributed by atoms with Crippen LogP contribution in [-0.4, -0.2) is 36.2 Å². The minimum absolute atomic E-state index is 0.106. The maximum absolute atomic E-state index is 11.3. The van der Waals surface area contributed by atoms with Crippen molar-refractivity contribution >= 4 is 16.8 Å². The molecule has 2 rings (SSSR count). The Morgan fingerprint density at radius 3 is 2.86 bits per heavy atom. The molecule has 0 aliphatic heterocycles. The quantitative estimate of drug-likeness (QED) is 0.734. The predicted molar refractivity (Wildman–Crippen MR) is 85.5 cm³/mol. The number of hydrogen-bond acceptors (Lipinski definition) is 5. The predicted octanol–water partition coefficient (Wildman–Crippen LogP) is 2.76. The zero-order chi connectivity index (χ0) is 16.1. The van der Waals surface area contributed by atoms with Crippen LogP contribution in [0.2, 0.25) is 0 Å². The minimum Gasteiger partial charge on any atom is -0.491 e. The van der Waals surface area contributed by atoms with Crippen molar-refractivity contribution in [3.05, 3.63) is 30.0 Å². The molecule has 1 aromatic carbocycles. The summed E-state index contributed by atoms with van der Waals surface area (Å²) in [7, 11) is 0. The van der Waals surface area contributed by atoms with Crippen LogP contribution in [-0.2, 0) is 0 Å². The third-order valence-electron chi connectivity index (χ3n) is 3.59. The number of rotatable bonds is 8. The Hall–Kier alpha value is -1.85. The fourth-order valence-electron chi connectivity index (χ4n) is 2.02. The Labute approximate surface area is 130 Å². The largest absolute Gasteiger partial charge is 0.491 e. The summed E-state index contributed by atoms with van der Waals surface area (Å²) in [6.07, 6.45) is 0.449. The lowest BCUT2D eigenvalue weighted by molar-refractivity contribution is 0.0989. The first-order valence-electron chi connectivity index (χ1n) is 7.58. The van der Waals surface area contributed by atoms with Crippen molar-refractivity contribution in [2.75, 3.05) is 13.2 Å². The average Bonchev–Trinajstić information content (AvgIpc) is 2.93. The minimum atomic E-state index is -0.568. The number of benzene rings is 1. The molecule has 5 nitrogen and oxygen atoms in total. The van der Waals surface area contributed by atoms with Crippen molar-refractivity contribution in [3.63, 3.8) is 0 Å². The molecule has 22 heavy (non-hydrogen) atoms. The van der Waals surface area contributed by atoms with Gasteiger partial charge in [-0.05, 0) is 37.6 Å². The van der Waals surface area contributed by atoms with Crippen LogP contribution >= 0.6 is 0 Å². The highest BCUT2D eigenvalue weighted by atomic mass is 16.5. The number of furan rings is 1. The lowest BCUT2D eigenvalue weighted by atomic mass is 10.2. The smallest absolute Gasteiger partial charge is 0.194 e. The van der Waals surface area contributed by atoms with E-state index in [0.29, 0.717) is 29.7 Å². The second-order valence-electron chi connectivity index (χ2n) is 5.55. The molecule has 2 N–H and O–H groups in total. The van der Waals surface area contributed by atoms with E-state index in [0.717, 1.165) is 11.8 Å². The van der Waals surface area contributed by atoms with Gasteiger partial charge in [0.1, 0.15) is 24.0 Å². The molecule has 0 spiro atoms. The molecule has 0 fully saturated rings. The molecule has 1 heterocycles. The first kappa shape index (κ1) is 16.5. The number of Topliss-reactive ketones (excluding diaryl/α,β-unsaturated/α-hetero) is 1. The lowest BCUT2D eigenvalue weighted by Gasteiger charge is -2.16. The van der Waals surface area contributed by atoms with E-state index in [9.17, 15) is 9.90 Å². The molecular weight excluding hydrogens is 282 g/mol. The van der Waals surface area contributed by atoms with Gasteiger partial charge in [-0.15, -0.1) is 0 Å². The number of carbonyl (C=O) groups excluding carboxylic acids is 1. The molecule has 0 bridgehead atoms. The molecule has 120 valence electrons. The Balaban J connectivity index is 1.92. The summed E-state index contributed by atoms with van der Waals surface area (Å²) >= 11 is 0. The maximum atomic E-state index is 11.3. The standard InChI is InChI=1S/C17H23NO4/c1-4-11(2)18-9-14(20)10-21-15-5-6-16-13(7-15)8-17(22-16)12(3)19/h5-8,11,14,18,20H,4,9-10H2,1-3H3. The fourth-order valence-corrected chi connectivity index (χ4v) is 2.02. The molecule has 2 atom stereocenters. The van der Waals surface area contributed by atoms with Crippen molar-refractivity contribution in [2.45, 2.75) is 39.3 Å². The monoisotopic (exact) mass is 305 g/mol. The molecule has 1 aromatic heterocycles. The molecule has 0 amide bonds. The molecule has 0 aliphatic rings. The van der Waals surface area contributed by atoms with E-state index >= 15 is 0 Å². The fraction of sp³-hybridized carbons (Fsp3) is 0.471. The summed E-state index contributed by atoms with van der Waals surface area (Å²) in [5, 5.41) is 13.9. The molecule has 2 unspecified atom stereocenters. The second kappa shape index (κ2) is 7.42. The van der Waals surface area contributed by atoms with E-state index in [-0.39, 0.29) is 12.4 Å². The van der Waals surface area contributed by atoms with Gasteiger partial charge in [0, 0.05) is 24.9 Å². The van der Waals surface area contributed by atoms with Crippen LogP contribution in [0.15, 0.2) is 28.7 Å². The molecule has 0 aliphatic carbocycles. The number of nitrogens with one attached hydrogen (secondary N) is 1. The van der Waals surface area contributed by atoms with E-state index < -0.39 is 6.10 Å². The summed E-state index contributed by atoms with van der Waals surface area (Å²) in [5.74, 6) is 0.876. The van der Waals surface area contributed by atoms with Gasteiger partial charge in [-0.25, -0.2) is 0 Å². The Bertz CT molecular complexity index is 635. The van der Waals surface area contributed by atoms with Gasteiger partial charge >= 0.3 is 0 Å². The number of hydrogen-bond donors (Lipinski definition) is 2. The van der Waals surface area contributed by atoms with Gasteiger partial charge in [-0.2, -0.15) is 0 Å². The van der Waals surface area contributed by atoms with Gasteiger partial charge < -0.3 is 19.6 Å². The maximum Gasteiger partial charge on any atom is 0.194 e. The number of aliphatic hydroxyl groups excluding tert-OH is 1. The van der Waals surface area contributed by atoms with Gasteiger partial charge in [-0.1, -0.05) is 6.92 Å². The van der Waals surface area contributed by atoms with E-state index in [4.69, 9.17) is 9.15 Å². The topological polar surface area (TPSA) is 71.7 Å². The van der Waals surface area contributed by atoms with E-state index in [2.05, 4.69) is 19.2 Å². The molecule has 0 radical (unpaired) electrons. The van der Waals surface area contributed by atoms with Crippen LogP contribution < -0.4 is 10.1 Å². The SMILES string of the molecule is CCC(C)NCC(O)COc1ccc2oc(C(C)=O)cc2c1. The van der Waals surface area contributed by atoms with Crippen molar-refractivity contribution in [1.82, 2.24) is 5.32 Å². The van der Waals surface area contributed by atoms with Gasteiger partial charge in [0.25, 0.3) is 0 Å². The molecular formula is C17H23NO4.